The molecule has 3 heterocycles. The molecule has 1 aliphatic heterocycles. The molecule has 0 amide bonds. The number of hydrogen-bond acceptors (Lipinski definition) is 13. The van der Waals surface area contributed by atoms with Crippen LogP contribution in [0.15, 0.2) is 19.0 Å². The van der Waals surface area contributed by atoms with Gasteiger partial charge in [0.25, 0.3) is 0 Å². The lowest BCUT2D eigenvalue weighted by Gasteiger charge is -2.25. The van der Waals surface area contributed by atoms with Crippen molar-refractivity contribution in [2.45, 2.75) is 78.1 Å². The lowest BCUT2D eigenvalue weighted by molar-refractivity contribution is -0.149. The maximum absolute atomic E-state index is 16.3. The molecule has 0 aliphatic carbocycles. The zero-order chi connectivity index (χ0) is 33.7. The number of esters is 1. The van der Waals surface area contributed by atoms with E-state index in [1.807, 2.05) is 0 Å². The Bertz CT molecular complexity index is 1420. The van der Waals surface area contributed by atoms with Crippen LogP contribution in [-0.2, 0) is 32.7 Å². The minimum Gasteiger partial charge on any atom is -0.476 e. The topological polar surface area (TPSA) is 179 Å². The van der Waals surface area contributed by atoms with E-state index in [9.17, 15) is 14.2 Å². The molecule has 14 nitrogen and oxygen atoms in total. The predicted molar refractivity (Wildman–Crippen MR) is 168 cm³/mol. The summed E-state index contributed by atoms with van der Waals surface area (Å²) in [6, 6.07) is -1.11. The Kier molecular flexibility index (Phi) is 12.4. The molecule has 3 N–H and O–H groups in total. The zero-order valence-corrected chi connectivity index (χ0v) is 28.8. The van der Waals surface area contributed by atoms with Crippen LogP contribution in [0.1, 0.15) is 54.7 Å². The van der Waals surface area contributed by atoms with Gasteiger partial charge in [0, 0.05) is 11.2 Å². The first kappa shape index (κ1) is 37.1. The third kappa shape index (κ3) is 9.15. The average molecular weight is 695 g/mol. The second-order valence-corrected chi connectivity index (χ2v) is 14.9. The Morgan fingerprint density at radius 3 is 2.62 bits per heavy atom. The van der Waals surface area contributed by atoms with Crippen LogP contribution in [0.5, 0.6) is 5.88 Å². The lowest BCUT2D eigenvalue weighted by Crippen LogP contribution is -2.37. The summed E-state index contributed by atoms with van der Waals surface area (Å²) >= 11 is 7.44. The van der Waals surface area contributed by atoms with Crippen LogP contribution in [0.2, 0.25) is 0 Å². The number of anilines is 1. The molecule has 0 radical (unpaired) electrons. The summed E-state index contributed by atoms with van der Waals surface area (Å²) in [6.07, 6.45) is -0.541. The number of halogens is 2. The van der Waals surface area contributed by atoms with Crippen LogP contribution in [0.25, 0.3) is 11.2 Å². The van der Waals surface area contributed by atoms with Crippen molar-refractivity contribution in [1.82, 2.24) is 24.6 Å². The first-order valence-corrected chi connectivity index (χ1v) is 17.2. The number of nitrogen functional groups attached to an aromatic ring is 1. The molecule has 2 aromatic heterocycles. The van der Waals surface area contributed by atoms with E-state index in [-0.39, 0.29) is 47.1 Å². The average Bonchev–Trinajstić information content (AvgIpc) is 3.45. The van der Waals surface area contributed by atoms with E-state index in [1.165, 1.54) is 23.9 Å². The van der Waals surface area contributed by atoms with Crippen LogP contribution in [0, 0.1) is 11.3 Å². The maximum Gasteiger partial charge on any atom is 0.406 e. The number of ether oxygens (including phenoxy) is 3. The van der Waals surface area contributed by atoms with Crippen LogP contribution in [0.4, 0.5) is 10.3 Å². The molecule has 0 saturated carbocycles. The maximum atomic E-state index is 16.3. The number of imidazole rings is 1. The van der Waals surface area contributed by atoms with Gasteiger partial charge in [0.05, 0.1) is 44.3 Å². The van der Waals surface area contributed by atoms with Gasteiger partial charge in [-0.2, -0.15) is 9.97 Å². The fraction of sp³-hybridized carbons (Fsp3) is 0.667. The summed E-state index contributed by atoms with van der Waals surface area (Å²) in [5.74, 6) is -1.75. The quantitative estimate of drug-likeness (QED) is 0.0854. The molecule has 18 heteroatoms. The Hall–Kier alpha value is -2.33. The molecule has 0 unspecified atom stereocenters. The molecule has 1 saturated heterocycles. The van der Waals surface area contributed by atoms with E-state index >= 15 is 4.39 Å². The highest BCUT2D eigenvalue weighted by molar-refractivity contribution is 8.13. The number of hydrogen-bond donors (Lipinski definition) is 2. The molecule has 0 bridgehead atoms. The van der Waals surface area contributed by atoms with E-state index in [2.05, 4.69) is 26.6 Å². The van der Waals surface area contributed by atoms with Crippen molar-refractivity contribution < 1.29 is 41.8 Å². The number of carbonyl (C=O) groups is 2. The highest BCUT2D eigenvalue weighted by atomic mass is 35.5. The normalized spacial score (nSPS) is 24.0. The van der Waals surface area contributed by atoms with Crippen molar-refractivity contribution in [3.8, 4) is 5.88 Å². The molecular formula is C27H41ClFN6O8PS. The van der Waals surface area contributed by atoms with Crippen molar-refractivity contribution in [2.75, 3.05) is 31.3 Å². The second kappa shape index (κ2) is 15.1. The smallest absolute Gasteiger partial charge is 0.406 e. The first-order chi connectivity index (χ1) is 20.9. The number of nitrogens with one attached hydrogen (secondary N) is 1. The summed E-state index contributed by atoms with van der Waals surface area (Å²) in [7, 11) is -4.27. The largest absolute Gasteiger partial charge is 0.476 e. The molecule has 1 fully saturated rings. The Morgan fingerprint density at radius 1 is 1.33 bits per heavy atom. The monoisotopic (exact) mass is 694 g/mol. The van der Waals surface area contributed by atoms with E-state index < -0.39 is 61.3 Å². The van der Waals surface area contributed by atoms with Crippen LogP contribution >= 0.6 is 31.1 Å². The molecule has 3 rings (SSSR count). The number of fused-ring (bicyclic) bond motifs is 1. The van der Waals surface area contributed by atoms with Gasteiger partial charge in [-0.1, -0.05) is 50.2 Å². The highest BCUT2D eigenvalue weighted by Gasteiger charge is 2.57. The zero-order valence-electron chi connectivity index (χ0n) is 26.3. The Morgan fingerprint density at radius 2 is 2.02 bits per heavy atom. The van der Waals surface area contributed by atoms with Crippen molar-refractivity contribution >= 4 is 59.3 Å². The lowest BCUT2D eigenvalue weighted by atomic mass is 9.99. The fourth-order valence-corrected chi connectivity index (χ4v) is 6.96. The van der Waals surface area contributed by atoms with Crippen LogP contribution < -0.4 is 15.6 Å². The number of aromatic nitrogens is 4. The van der Waals surface area contributed by atoms with Gasteiger partial charge >= 0.3 is 13.7 Å². The van der Waals surface area contributed by atoms with Gasteiger partial charge in [0.15, 0.2) is 22.5 Å². The highest BCUT2D eigenvalue weighted by Crippen LogP contribution is 2.52. The van der Waals surface area contributed by atoms with E-state index in [4.69, 9.17) is 40.6 Å². The number of nitrogens with zero attached hydrogens (tertiary/aromatic N) is 4. The minimum absolute atomic E-state index is 0.0864. The minimum atomic E-state index is -4.27. The Labute approximate surface area is 270 Å². The molecule has 2 aromatic rings. The molecule has 0 aromatic carbocycles. The van der Waals surface area contributed by atoms with Gasteiger partial charge in [-0.05, 0) is 27.7 Å². The third-order valence-corrected chi connectivity index (χ3v) is 9.73. The van der Waals surface area contributed by atoms with Crippen molar-refractivity contribution in [3.63, 3.8) is 0 Å². The van der Waals surface area contributed by atoms with Crippen molar-refractivity contribution in [2.24, 2.45) is 11.3 Å². The number of rotatable bonds is 15. The number of nitrogens with two attached hydrogens (primary N) is 1. The summed E-state index contributed by atoms with van der Waals surface area (Å²) in [4.78, 5) is 37.2. The number of thioether (sulfide) groups is 1. The van der Waals surface area contributed by atoms with Gasteiger partial charge < -0.3 is 19.9 Å². The summed E-state index contributed by atoms with van der Waals surface area (Å²) < 4.78 is 59.3. The molecule has 1 aliphatic rings. The van der Waals surface area contributed by atoms with Gasteiger partial charge in [-0.25, -0.2) is 19.0 Å². The molecule has 252 valence electrons. The van der Waals surface area contributed by atoms with E-state index in [1.54, 1.807) is 41.5 Å². The Balaban J connectivity index is 1.83. The van der Waals surface area contributed by atoms with Gasteiger partial charge in [-0.15, -0.1) is 6.58 Å². The predicted octanol–water partition coefficient (Wildman–Crippen LogP) is 4.79. The second-order valence-electron chi connectivity index (χ2n) is 11.5. The molecule has 0 spiro atoms. The first-order valence-electron chi connectivity index (χ1n) is 14.3. The van der Waals surface area contributed by atoms with Gasteiger partial charge in [0.2, 0.25) is 17.0 Å². The van der Waals surface area contributed by atoms with Crippen molar-refractivity contribution in [3.05, 3.63) is 19.0 Å². The summed E-state index contributed by atoms with van der Waals surface area (Å²) in [5, 5.41) is -0.122. The molecular weight excluding hydrogens is 654 g/mol. The third-order valence-electron chi connectivity index (χ3n) is 6.33. The van der Waals surface area contributed by atoms with Crippen molar-refractivity contribution in [1.29, 1.82) is 0 Å². The summed E-state index contributed by atoms with van der Waals surface area (Å²) in [6.45, 7) is 15.1. The van der Waals surface area contributed by atoms with Gasteiger partial charge in [-0.3, -0.25) is 23.2 Å². The standard InChI is InChI=1S/C27H41ClFN6O8PS/c1-9-17-18(43-23(27(17,28)29)35-14-31-19-20(35)32-25(30)33-21(19)39-10-2)13-41-44(38,34-16(5)22(36)42-15(3)4)40-11-12-45-24(37)26(6,7)8/h9,14-18,23H,1,10-13H2,2-8H3,(H,34,38)(H2,30,32,33)/t16-,17+,18+,23+,27+,44-/m0/s1. The fourth-order valence-electron chi connectivity index (χ4n) is 4.19. The molecule has 45 heavy (non-hydrogen) atoms. The van der Waals surface area contributed by atoms with E-state index in [0.29, 0.717) is 0 Å². The number of alkyl halides is 2. The SMILES string of the molecule is C=C[C@@H]1[C@@H](CO[P@](=O)(N[C@@H](C)C(=O)OC(C)C)OCCSC(=O)C(C)(C)C)O[C@@H](n2cnc3c(OCC)nc(N)nc32)[C@@]1(F)Cl. The van der Waals surface area contributed by atoms with E-state index in [0.717, 1.165) is 11.8 Å². The van der Waals surface area contributed by atoms with Crippen LogP contribution in [0.3, 0.4) is 0 Å². The summed E-state index contributed by atoms with van der Waals surface area (Å²) in [5.41, 5.74) is 5.58. The van der Waals surface area contributed by atoms with Gasteiger partial charge in [0.1, 0.15) is 6.04 Å². The molecule has 6 atom stereocenters. The van der Waals surface area contributed by atoms with Crippen LogP contribution in [-0.4, -0.2) is 79.6 Å². The number of carbonyl (C=O) groups excluding carboxylic acids is 2.